The zero-order valence-electron chi connectivity index (χ0n) is 12.4. The molecule has 2 saturated carbocycles. The van der Waals surface area contributed by atoms with Crippen LogP contribution in [0.2, 0.25) is 0 Å². The van der Waals surface area contributed by atoms with Gasteiger partial charge in [-0.1, -0.05) is 25.7 Å². The lowest BCUT2D eigenvalue weighted by Gasteiger charge is -2.47. The lowest BCUT2D eigenvalue weighted by Crippen LogP contribution is -2.56. The highest BCUT2D eigenvalue weighted by Gasteiger charge is 2.55. The highest BCUT2D eigenvalue weighted by atomic mass is 79.9. The third kappa shape index (κ3) is 2.70. The zero-order valence-corrected chi connectivity index (χ0v) is 13.9. The van der Waals surface area contributed by atoms with Gasteiger partial charge in [-0.3, -0.25) is 4.79 Å². The van der Waals surface area contributed by atoms with Crippen LogP contribution in [0.4, 0.5) is 0 Å². The lowest BCUT2D eigenvalue weighted by molar-refractivity contribution is -0.154. The van der Waals surface area contributed by atoms with Crippen LogP contribution in [-0.2, 0) is 4.79 Å². The second-order valence-electron chi connectivity index (χ2n) is 6.10. The quantitative estimate of drug-likeness (QED) is 0.802. The smallest absolute Gasteiger partial charge is 0.146 e. The van der Waals surface area contributed by atoms with Crippen molar-refractivity contribution in [3.8, 4) is 11.5 Å². The highest BCUT2D eigenvalue weighted by Crippen LogP contribution is 2.50. The third-order valence-electron chi connectivity index (χ3n) is 4.95. The molecule has 1 atom stereocenters. The number of rotatable bonds is 3. The van der Waals surface area contributed by atoms with Crippen LogP contribution in [0, 0.1) is 5.41 Å². The number of ether oxygens (including phenoxy) is 2. The molecule has 114 valence electrons. The second-order valence-corrected chi connectivity index (χ2v) is 6.95. The minimum atomic E-state index is -0.212. The second kappa shape index (κ2) is 5.99. The van der Waals surface area contributed by atoms with Gasteiger partial charge in [0.05, 0.1) is 17.0 Å². The van der Waals surface area contributed by atoms with Gasteiger partial charge in [-0.25, -0.2) is 0 Å². The van der Waals surface area contributed by atoms with E-state index in [0.29, 0.717) is 12.2 Å². The Hall–Kier alpha value is -1.03. The van der Waals surface area contributed by atoms with Gasteiger partial charge in [0.15, 0.2) is 0 Å². The molecule has 0 N–H and O–H groups in total. The molecule has 3 rings (SSSR count). The number of ketones is 1. The maximum Gasteiger partial charge on any atom is 0.146 e. The van der Waals surface area contributed by atoms with Crippen molar-refractivity contribution in [2.75, 3.05) is 7.11 Å². The Bertz CT molecular complexity index is 533. The summed E-state index contributed by atoms with van der Waals surface area (Å²) in [4.78, 5) is 12.2. The summed E-state index contributed by atoms with van der Waals surface area (Å²) in [6.45, 7) is 0. The fourth-order valence-corrected chi connectivity index (χ4v) is 4.04. The SMILES string of the molecule is COc1ccc(OC2CC(=O)C23CCCCCC3)c(Br)c1. The van der Waals surface area contributed by atoms with E-state index in [-0.39, 0.29) is 11.5 Å². The van der Waals surface area contributed by atoms with Gasteiger partial charge < -0.3 is 9.47 Å². The summed E-state index contributed by atoms with van der Waals surface area (Å²) in [6.07, 6.45) is 7.35. The largest absolute Gasteiger partial charge is 0.497 e. The fourth-order valence-electron chi connectivity index (χ4n) is 3.59. The average Bonchev–Trinajstić information content (AvgIpc) is 2.76. The van der Waals surface area contributed by atoms with E-state index in [1.807, 2.05) is 18.2 Å². The molecular formula is C17H21BrO3. The zero-order chi connectivity index (χ0) is 14.9. The first-order chi connectivity index (χ1) is 10.2. The van der Waals surface area contributed by atoms with Crippen LogP contribution in [0.5, 0.6) is 11.5 Å². The van der Waals surface area contributed by atoms with Gasteiger partial charge in [0, 0.05) is 6.42 Å². The van der Waals surface area contributed by atoms with E-state index in [4.69, 9.17) is 9.47 Å². The van der Waals surface area contributed by atoms with Crippen LogP contribution in [0.15, 0.2) is 22.7 Å². The van der Waals surface area contributed by atoms with Crippen LogP contribution in [-0.4, -0.2) is 19.0 Å². The lowest BCUT2D eigenvalue weighted by atomic mass is 9.60. The first-order valence-electron chi connectivity index (χ1n) is 7.69. The topological polar surface area (TPSA) is 35.5 Å². The van der Waals surface area contributed by atoms with E-state index in [0.717, 1.165) is 41.7 Å². The standard InChI is InChI=1S/C17H21BrO3/c1-20-12-6-7-14(13(18)10-12)21-16-11-15(19)17(16)8-4-2-3-5-9-17/h6-7,10,16H,2-5,8-9,11H2,1H3. The number of carbonyl (C=O) groups excluding carboxylic acids is 1. The van der Waals surface area contributed by atoms with Gasteiger partial charge >= 0.3 is 0 Å². The molecule has 2 fully saturated rings. The molecule has 1 aromatic carbocycles. The summed E-state index contributed by atoms with van der Waals surface area (Å²) in [6, 6.07) is 5.70. The number of benzene rings is 1. The molecule has 0 heterocycles. The molecule has 0 bridgehead atoms. The van der Waals surface area contributed by atoms with Gasteiger partial charge in [-0.05, 0) is 47.0 Å². The predicted molar refractivity (Wildman–Crippen MR) is 84.9 cm³/mol. The molecule has 0 aromatic heterocycles. The van der Waals surface area contributed by atoms with Crippen LogP contribution in [0.25, 0.3) is 0 Å². The van der Waals surface area contributed by atoms with E-state index in [1.54, 1.807) is 7.11 Å². The molecule has 3 nitrogen and oxygen atoms in total. The number of methoxy groups -OCH3 is 1. The molecule has 0 aliphatic heterocycles. The van der Waals surface area contributed by atoms with Crippen LogP contribution in [0.3, 0.4) is 0 Å². The summed E-state index contributed by atoms with van der Waals surface area (Å²) in [5.74, 6) is 2.00. The molecule has 21 heavy (non-hydrogen) atoms. The number of hydrogen-bond acceptors (Lipinski definition) is 3. The van der Waals surface area contributed by atoms with Crippen molar-refractivity contribution < 1.29 is 14.3 Å². The summed E-state index contributed by atoms with van der Waals surface area (Å²) < 4.78 is 12.3. The van der Waals surface area contributed by atoms with Gasteiger partial charge in [-0.15, -0.1) is 0 Å². The first-order valence-corrected chi connectivity index (χ1v) is 8.48. The van der Waals surface area contributed by atoms with E-state index in [9.17, 15) is 4.79 Å². The molecule has 1 unspecified atom stereocenters. The normalized spacial score (nSPS) is 24.3. The fraction of sp³-hybridized carbons (Fsp3) is 0.588. The molecule has 2 aliphatic carbocycles. The number of hydrogen-bond donors (Lipinski definition) is 0. The Kier molecular flexibility index (Phi) is 4.25. The monoisotopic (exact) mass is 352 g/mol. The number of halogens is 1. The molecule has 1 spiro atoms. The van der Waals surface area contributed by atoms with Crippen LogP contribution >= 0.6 is 15.9 Å². The van der Waals surface area contributed by atoms with Gasteiger partial charge in [0.25, 0.3) is 0 Å². The molecule has 2 aliphatic rings. The van der Waals surface area contributed by atoms with Crippen molar-refractivity contribution in [2.45, 2.75) is 51.0 Å². The third-order valence-corrected chi connectivity index (χ3v) is 5.57. The Labute approximate surface area is 134 Å². The first kappa shape index (κ1) is 14.9. The van der Waals surface area contributed by atoms with E-state index in [2.05, 4.69) is 15.9 Å². The van der Waals surface area contributed by atoms with Crippen molar-refractivity contribution in [1.29, 1.82) is 0 Å². The Morgan fingerprint density at radius 3 is 2.48 bits per heavy atom. The van der Waals surface area contributed by atoms with Crippen molar-refractivity contribution in [3.05, 3.63) is 22.7 Å². The van der Waals surface area contributed by atoms with Gasteiger partial charge in [-0.2, -0.15) is 0 Å². The van der Waals surface area contributed by atoms with Crippen LogP contribution < -0.4 is 9.47 Å². The molecule has 0 radical (unpaired) electrons. The average molecular weight is 353 g/mol. The van der Waals surface area contributed by atoms with Crippen LogP contribution in [0.1, 0.15) is 44.9 Å². The maximum absolute atomic E-state index is 12.2. The Morgan fingerprint density at radius 2 is 1.90 bits per heavy atom. The summed E-state index contributed by atoms with van der Waals surface area (Å²) in [5.41, 5.74) is -0.212. The Morgan fingerprint density at radius 1 is 1.19 bits per heavy atom. The predicted octanol–water partition coefficient (Wildman–Crippen LogP) is 4.52. The maximum atomic E-state index is 12.2. The van der Waals surface area contributed by atoms with Gasteiger partial charge in [0.2, 0.25) is 0 Å². The van der Waals surface area contributed by atoms with Crippen molar-refractivity contribution in [2.24, 2.45) is 5.41 Å². The molecular weight excluding hydrogens is 332 g/mol. The minimum Gasteiger partial charge on any atom is -0.497 e. The van der Waals surface area contributed by atoms with E-state index < -0.39 is 0 Å². The molecule has 4 heteroatoms. The van der Waals surface area contributed by atoms with E-state index >= 15 is 0 Å². The number of Topliss-reactive ketones (excluding diaryl/α,β-unsaturated/α-hetero) is 1. The summed E-state index contributed by atoms with van der Waals surface area (Å²) >= 11 is 3.52. The van der Waals surface area contributed by atoms with E-state index in [1.165, 1.54) is 12.8 Å². The van der Waals surface area contributed by atoms with Gasteiger partial charge in [0.1, 0.15) is 23.4 Å². The van der Waals surface area contributed by atoms with Crippen molar-refractivity contribution >= 4 is 21.7 Å². The molecule has 0 amide bonds. The summed E-state index contributed by atoms with van der Waals surface area (Å²) in [7, 11) is 1.65. The highest BCUT2D eigenvalue weighted by molar-refractivity contribution is 9.10. The number of carbonyl (C=O) groups is 1. The van der Waals surface area contributed by atoms with Crippen molar-refractivity contribution in [3.63, 3.8) is 0 Å². The summed E-state index contributed by atoms with van der Waals surface area (Å²) in [5, 5.41) is 0. The van der Waals surface area contributed by atoms with Crippen molar-refractivity contribution in [1.82, 2.24) is 0 Å². The molecule has 0 saturated heterocycles. The molecule has 1 aromatic rings. The minimum absolute atomic E-state index is 0.0350. The Balaban J connectivity index is 1.77.